The maximum atomic E-state index is 13.1. The lowest BCUT2D eigenvalue weighted by Gasteiger charge is -2.24. The molecule has 1 aliphatic rings. The summed E-state index contributed by atoms with van der Waals surface area (Å²) in [7, 11) is 0. The van der Waals surface area contributed by atoms with Gasteiger partial charge in [-0.1, -0.05) is 30.3 Å². The maximum Gasteiger partial charge on any atom is 0.322 e. The third-order valence-corrected chi connectivity index (χ3v) is 5.29. The van der Waals surface area contributed by atoms with Crippen LogP contribution in [0.4, 0.5) is 0 Å². The van der Waals surface area contributed by atoms with E-state index >= 15 is 0 Å². The van der Waals surface area contributed by atoms with E-state index in [0.717, 1.165) is 18.5 Å². The molecular formula is C22H33N5O5. The highest BCUT2D eigenvalue weighted by atomic mass is 16.4. The smallest absolute Gasteiger partial charge is 0.322 e. The molecule has 10 heteroatoms. The van der Waals surface area contributed by atoms with Crippen LogP contribution in [0, 0.1) is 0 Å². The molecule has 0 spiro atoms. The highest BCUT2D eigenvalue weighted by Gasteiger charge is 2.30. The quantitative estimate of drug-likeness (QED) is 0.217. The van der Waals surface area contributed by atoms with Gasteiger partial charge in [0.15, 0.2) is 0 Å². The topological polar surface area (TPSA) is 163 Å². The minimum absolute atomic E-state index is 0.256. The average molecular weight is 448 g/mol. The zero-order valence-electron chi connectivity index (χ0n) is 18.1. The van der Waals surface area contributed by atoms with Crippen LogP contribution in [0.3, 0.4) is 0 Å². The fourth-order valence-electron chi connectivity index (χ4n) is 3.56. The normalized spacial score (nSPS) is 17.2. The fraction of sp³-hybridized carbons (Fsp3) is 0.545. The van der Waals surface area contributed by atoms with Gasteiger partial charge in [-0.25, -0.2) is 0 Å². The molecule has 0 bridgehead atoms. The Morgan fingerprint density at radius 1 is 1.06 bits per heavy atom. The largest absolute Gasteiger partial charge is 0.480 e. The number of carboxylic acid groups (broad SMARTS) is 1. The molecule has 1 fully saturated rings. The summed E-state index contributed by atoms with van der Waals surface area (Å²) in [5.41, 5.74) is 6.38. The third-order valence-electron chi connectivity index (χ3n) is 5.29. The Kier molecular flexibility index (Phi) is 10.6. The number of nitrogens with one attached hydrogen (secondary N) is 4. The van der Waals surface area contributed by atoms with E-state index in [0.29, 0.717) is 32.2 Å². The second-order valence-corrected chi connectivity index (χ2v) is 7.86. The predicted octanol–water partition coefficient (Wildman–Crippen LogP) is -0.719. The first kappa shape index (κ1) is 25.3. The first-order chi connectivity index (χ1) is 15.4. The van der Waals surface area contributed by atoms with Gasteiger partial charge in [0.1, 0.15) is 18.6 Å². The highest BCUT2D eigenvalue weighted by molar-refractivity contribution is 5.93. The molecule has 1 aliphatic heterocycles. The van der Waals surface area contributed by atoms with Crippen LogP contribution in [0.15, 0.2) is 30.3 Å². The Bertz CT molecular complexity index is 767. The summed E-state index contributed by atoms with van der Waals surface area (Å²) < 4.78 is 0. The SMILES string of the molecule is NCCCCC(NC(=O)C(Cc1ccccc1)NC(=O)C1CCCN1)C(=O)NCC(=O)O. The Morgan fingerprint density at radius 3 is 2.44 bits per heavy atom. The second kappa shape index (κ2) is 13.4. The zero-order valence-corrected chi connectivity index (χ0v) is 18.1. The number of nitrogens with two attached hydrogens (primary N) is 1. The molecule has 3 unspecified atom stereocenters. The molecule has 176 valence electrons. The van der Waals surface area contributed by atoms with Gasteiger partial charge in [-0.3, -0.25) is 19.2 Å². The Balaban J connectivity index is 2.10. The summed E-state index contributed by atoms with van der Waals surface area (Å²) in [5, 5.41) is 19.7. The van der Waals surface area contributed by atoms with E-state index in [1.807, 2.05) is 30.3 Å². The minimum atomic E-state index is -1.18. The maximum absolute atomic E-state index is 13.1. The molecule has 0 saturated carbocycles. The average Bonchev–Trinajstić information content (AvgIpc) is 3.32. The summed E-state index contributed by atoms with van der Waals surface area (Å²) in [6, 6.07) is 7.13. The summed E-state index contributed by atoms with van der Waals surface area (Å²) in [6.45, 7) is 0.651. The zero-order chi connectivity index (χ0) is 23.3. The molecule has 0 radical (unpaired) electrons. The van der Waals surface area contributed by atoms with Crippen LogP contribution in [0.1, 0.15) is 37.7 Å². The van der Waals surface area contributed by atoms with Gasteiger partial charge in [0, 0.05) is 6.42 Å². The molecule has 0 aliphatic carbocycles. The number of hydrogen-bond acceptors (Lipinski definition) is 6. The molecule has 0 aromatic heterocycles. The van der Waals surface area contributed by atoms with Crippen LogP contribution in [0.5, 0.6) is 0 Å². The number of amides is 3. The van der Waals surface area contributed by atoms with Crippen molar-refractivity contribution in [2.24, 2.45) is 5.73 Å². The van der Waals surface area contributed by atoms with Crippen molar-refractivity contribution in [2.75, 3.05) is 19.6 Å². The van der Waals surface area contributed by atoms with Crippen molar-refractivity contribution in [3.63, 3.8) is 0 Å². The van der Waals surface area contributed by atoms with Gasteiger partial charge < -0.3 is 32.1 Å². The summed E-state index contributed by atoms with van der Waals surface area (Å²) in [6.07, 6.45) is 3.41. The van der Waals surface area contributed by atoms with Crippen LogP contribution in [0.2, 0.25) is 0 Å². The van der Waals surface area contributed by atoms with Gasteiger partial charge in [-0.05, 0) is 50.8 Å². The van der Waals surface area contributed by atoms with E-state index in [4.69, 9.17) is 10.8 Å². The van der Waals surface area contributed by atoms with Crippen molar-refractivity contribution in [3.05, 3.63) is 35.9 Å². The summed E-state index contributed by atoms with van der Waals surface area (Å²) in [5.74, 6) is -2.51. The number of carbonyl (C=O) groups excluding carboxylic acids is 3. The highest BCUT2D eigenvalue weighted by Crippen LogP contribution is 2.09. The summed E-state index contributed by atoms with van der Waals surface area (Å²) >= 11 is 0. The number of hydrogen-bond donors (Lipinski definition) is 6. The van der Waals surface area contributed by atoms with Crippen LogP contribution in [-0.4, -0.2) is 66.6 Å². The van der Waals surface area contributed by atoms with Crippen molar-refractivity contribution in [1.82, 2.24) is 21.3 Å². The van der Waals surface area contributed by atoms with Gasteiger partial charge in [0.2, 0.25) is 17.7 Å². The first-order valence-electron chi connectivity index (χ1n) is 11.0. The number of carbonyl (C=O) groups is 4. The molecule has 1 saturated heterocycles. The third kappa shape index (κ3) is 8.64. The van der Waals surface area contributed by atoms with Gasteiger partial charge >= 0.3 is 5.97 Å². The number of benzene rings is 1. The van der Waals surface area contributed by atoms with Crippen molar-refractivity contribution in [1.29, 1.82) is 0 Å². The van der Waals surface area contributed by atoms with Gasteiger partial charge in [-0.2, -0.15) is 0 Å². The van der Waals surface area contributed by atoms with Crippen molar-refractivity contribution in [2.45, 2.75) is 56.7 Å². The summed E-state index contributed by atoms with van der Waals surface area (Å²) in [4.78, 5) is 49.0. The van der Waals surface area contributed by atoms with Gasteiger partial charge in [0.25, 0.3) is 0 Å². The number of aliphatic carboxylic acids is 1. The first-order valence-corrected chi connectivity index (χ1v) is 11.0. The van der Waals surface area contributed by atoms with E-state index in [1.165, 1.54) is 0 Å². The Hall–Kier alpha value is -2.98. The molecule has 1 aromatic carbocycles. The van der Waals surface area contributed by atoms with Crippen LogP contribution < -0.4 is 27.0 Å². The van der Waals surface area contributed by atoms with E-state index < -0.39 is 36.4 Å². The van der Waals surface area contributed by atoms with Crippen LogP contribution in [0.25, 0.3) is 0 Å². The van der Waals surface area contributed by atoms with Crippen molar-refractivity contribution in [3.8, 4) is 0 Å². The lowest BCUT2D eigenvalue weighted by Crippen LogP contribution is -2.56. The van der Waals surface area contributed by atoms with Gasteiger partial charge in [0.05, 0.1) is 6.04 Å². The molecule has 7 N–H and O–H groups in total. The predicted molar refractivity (Wildman–Crippen MR) is 119 cm³/mol. The van der Waals surface area contributed by atoms with Crippen molar-refractivity contribution < 1.29 is 24.3 Å². The second-order valence-electron chi connectivity index (χ2n) is 7.86. The molecule has 3 atom stereocenters. The lowest BCUT2D eigenvalue weighted by molar-refractivity contribution is -0.138. The number of unbranched alkanes of at least 4 members (excludes halogenated alkanes) is 1. The molecule has 1 aromatic rings. The molecule has 2 rings (SSSR count). The van der Waals surface area contributed by atoms with E-state index in [1.54, 1.807) is 0 Å². The molecule has 3 amide bonds. The van der Waals surface area contributed by atoms with Crippen LogP contribution >= 0.6 is 0 Å². The lowest BCUT2D eigenvalue weighted by atomic mass is 10.0. The standard InChI is InChI=1S/C22H33N5O5/c23-11-5-4-9-17(20(30)25-14-19(28)29)26-22(32)18(13-15-7-2-1-3-8-15)27-21(31)16-10-6-12-24-16/h1-3,7-8,16-18,24H,4-6,9-14,23H2,(H,25,30)(H,26,32)(H,27,31)(H,28,29). The van der Waals surface area contributed by atoms with Gasteiger partial charge in [-0.15, -0.1) is 0 Å². The van der Waals surface area contributed by atoms with E-state index in [-0.39, 0.29) is 18.4 Å². The van der Waals surface area contributed by atoms with E-state index in [9.17, 15) is 19.2 Å². The molecule has 10 nitrogen and oxygen atoms in total. The minimum Gasteiger partial charge on any atom is -0.480 e. The fourth-order valence-corrected chi connectivity index (χ4v) is 3.56. The monoisotopic (exact) mass is 447 g/mol. The Morgan fingerprint density at radius 2 is 1.81 bits per heavy atom. The number of rotatable bonds is 13. The number of carboxylic acids is 1. The molecule has 1 heterocycles. The molecular weight excluding hydrogens is 414 g/mol. The Labute approximate surface area is 187 Å². The van der Waals surface area contributed by atoms with Crippen LogP contribution in [-0.2, 0) is 25.6 Å². The molecule has 32 heavy (non-hydrogen) atoms. The van der Waals surface area contributed by atoms with Crippen molar-refractivity contribution >= 4 is 23.7 Å². The van der Waals surface area contributed by atoms with E-state index in [2.05, 4.69) is 21.3 Å².